The third-order valence-electron chi connectivity index (χ3n) is 3.13. The van der Waals surface area contributed by atoms with Gasteiger partial charge >= 0.3 is 0 Å². The van der Waals surface area contributed by atoms with Crippen LogP contribution in [-0.2, 0) is 19.8 Å². The summed E-state index contributed by atoms with van der Waals surface area (Å²) >= 11 is 0. The van der Waals surface area contributed by atoms with E-state index in [-0.39, 0.29) is 31.5 Å². The van der Waals surface area contributed by atoms with Crippen molar-refractivity contribution in [3.05, 3.63) is 70.5 Å². The maximum absolute atomic E-state index is 12.8. The molecule has 0 saturated heterocycles. The predicted octanol–water partition coefficient (Wildman–Crippen LogP) is 1.74. The minimum absolute atomic E-state index is 0.148. The summed E-state index contributed by atoms with van der Waals surface area (Å²) in [6.45, 7) is -0.163. The highest BCUT2D eigenvalue weighted by Gasteiger charge is 2.11. The number of benzene rings is 2. The molecule has 0 aliphatic carbocycles. The Labute approximate surface area is 121 Å². The van der Waals surface area contributed by atoms with Crippen LogP contribution in [0.4, 0.5) is 4.39 Å². The molecule has 0 atom stereocenters. The lowest BCUT2D eigenvalue weighted by molar-refractivity contribution is 0.0947. The van der Waals surface area contributed by atoms with Crippen LogP contribution >= 0.6 is 0 Å². The molecule has 0 saturated carbocycles. The van der Waals surface area contributed by atoms with Crippen LogP contribution in [0.3, 0.4) is 0 Å². The molecule has 2 aromatic carbocycles. The average molecular weight is 289 g/mol. The largest absolute Gasteiger partial charge is 0.392 e. The van der Waals surface area contributed by atoms with Crippen LogP contribution in [0.25, 0.3) is 0 Å². The molecule has 1 amide bonds. The molecule has 3 N–H and O–H groups in total. The van der Waals surface area contributed by atoms with E-state index in [0.29, 0.717) is 16.7 Å². The number of halogens is 1. The number of hydrogen-bond acceptors (Lipinski definition) is 3. The van der Waals surface area contributed by atoms with Gasteiger partial charge in [-0.2, -0.15) is 0 Å². The van der Waals surface area contributed by atoms with Gasteiger partial charge in [0, 0.05) is 12.1 Å². The molecule has 0 aromatic heterocycles. The Morgan fingerprint density at radius 2 is 1.67 bits per heavy atom. The van der Waals surface area contributed by atoms with Crippen molar-refractivity contribution >= 4 is 5.91 Å². The number of nitrogens with one attached hydrogen (secondary N) is 1. The Balaban J connectivity index is 2.07. The second kappa shape index (κ2) is 6.97. The van der Waals surface area contributed by atoms with Crippen molar-refractivity contribution in [1.82, 2.24) is 5.32 Å². The van der Waals surface area contributed by atoms with Gasteiger partial charge in [0.1, 0.15) is 5.82 Å². The highest BCUT2D eigenvalue weighted by molar-refractivity contribution is 5.95. The highest BCUT2D eigenvalue weighted by Crippen LogP contribution is 2.13. The summed E-state index contributed by atoms with van der Waals surface area (Å²) in [7, 11) is 0. The molecule has 0 unspecified atom stereocenters. The van der Waals surface area contributed by atoms with Gasteiger partial charge in [-0.25, -0.2) is 4.39 Å². The van der Waals surface area contributed by atoms with Gasteiger partial charge in [0.25, 0.3) is 5.91 Å². The van der Waals surface area contributed by atoms with Crippen LogP contribution in [0, 0.1) is 5.82 Å². The Morgan fingerprint density at radius 1 is 1.00 bits per heavy atom. The SMILES string of the molecule is O=C(NCc1ccc(F)cc1)c1ccc(CO)cc1CO. The predicted molar refractivity (Wildman–Crippen MR) is 75.9 cm³/mol. The van der Waals surface area contributed by atoms with Gasteiger partial charge in [-0.05, 0) is 34.9 Å². The second-order valence-electron chi connectivity index (χ2n) is 4.62. The molecular weight excluding hydrogens is 273 g/mol. The van der Waals surface area contributed by atoms with Gasteiger partial charge in [-0.15, -0.1) is 0 Å². The lowest BCUT2D eigenvalue weighted by Crippen LogP contribution is -2.24. The summed E-state index contributed by atoms with van der Waals surface area (Å²) in [4.78, 5) is 12.1. The minimum Gasteiger partial charge on any atom is -0.392 e. The summed E-state index contributed by atoms with van der Waals surface area (Å²) in [5, 5.41) is 21.1. The molecule has 0 spiro atoms. The summed E-state index contributed by atoms with van der Waals surface area (Å²) in [6.07, 6.45) is 0. The van der Waals surface area contributed by atoms with Crippen LogP contribution in [-0.4, -0.2) is 16.1 Å². The summed E-state index contributed by atoms with van der Waals surface area (Å²) < 4.78 is 12.8. The molecule has 0 heterocycles. The first-order chi connectivity index (χ1) is 10.1. The fourth-order valence-electron chi connectivity index (χ4n) is 1.98. The van der Waals surface area contributed by atoms with Crippen LogP contribution in [0.2, 0.25) is 0 Å². The molecule has 0 radical (unpaired) electrons. The third-order valence-corrected chi connectivity index (χ3v) is 3.13. The number of carbonyl (C=O) groups excluding carboxylic acids is 1. The van der Waals surface area contributed by atoms with E-state index in [0.717, 1.165) is 5.56 Å². The van der Waals surface area contributed by atoms with E-state index in [1.54, 1.807) is 30.3 Å². The van der Waals surface area contributed by atoms with Gasteiger partial charge < -0.3 is 15.5 Å². The van der Waals surface area contributed by atoms with Crippen molar-refractivity contribution in [3.8, 4) is 0 Å². The van der Waals surface area contributed by atoms with E-state index in [1.165, 1.54) is 12.1 Å². The Morgan fingerprint density at radius 3 is 2.29 bits per heavy atom. The fraction of sp³-hybridized carbons (Fsp3) is 0.188. The average Bonchev–Trinajstić information content (AvgIpc) is 2.53. The number of amides is 1. The zero-order valence-electron chi connectivity index (χ0n) is 11.3. The monoisotopic (exact) mass is 289 g/mol. The van der Waals surface area contributed by atoms with Gasteiger partial charge in [0.15, 0.2) is 0 Å². The molecule has 0 aliphatic heterocycles. The van der Waals surface area contributed by atoms with Gasteiger partial charge in [0.05, 0.1) is 13.2 Å². The second-order valence-corrected chi connectivity index (χ2v) is 4.62. The Hall–Kier alpha value is -2.24. The zero-order chi connectivity index (χ0) is 15.2. The molecule has 2 aromatic rings. The maximum atomic E-state index is 12.8. The minimum atomic E-state index is -0.327. The molecule has 2 rings (SSSR count). The fourth-order valence-corrected chi connectivity index (χ4v) is 1.98. The molecule has 0 aliphatic rings. The van der Waals surface area contributed by atoms with Crippen molar-refractivity contribution in [2.24, 2.45) is 0 Å². The maximum Gasteiger partial charge on any atom is 0.251 e. The molecule has 21 heavy (non-hydrogen) atoms. The first-order valence-corrected chi connectivity index (χ1v) is 6.50. The normalized spacial score (nSPS) is 10.4. The number of rotatable bonds is 5. The smallest absolute Gasteiger partial charge is 0.251 e. The molecule has 110 valence electrons. The summed E-state index contributed by atoms with van der Waals surface area (Å²) in [5.41, 5.74) is 2.23. The third kappa shape index (κ3) is 3.87. The lowest BCUT2D eigenvalue weighted by atomic mass is 10.0. The van der Waals surface area contributed by atoms with Crippen molar-refractivity contribution in [1.29, 1.82) is 0 Å². The highest BCUT2D eigenvalue weighted by atomic mass is 19.1. The van der Waals surface area contributed by atoms with E-state index >= 15 is 0 Å². The van der Waals surface area contributed by atoms with E-state index in [9.17, 15) is 14.3 Å². The van der Waals surface area contributed by atoms with E-state index < -0.39 is 0 Å². The number of carbonyl (C=O) groups is 1. The quantitative estimate of drug-likeness (QED) is 0.785. The van der Waals surface area contributed by atoms with Crippen molar-refractivity contribution in [2.45, 2.75) is 19.8 Å². The van der Waals surface area contributed by atoms with Crippen molar-refractivity contribution in [2.75, 3.05) is 0 Å². The van der Waals surface area contributed by atoms with E-state index in [2.05, 4.69) is 5.32 Å². The van der Waals surface area contributed by atoms with E-state index in [1.807, 2.05) is 0 Å². The summed E-state index contributed by atoms with van der Waals surface area (Å²) in [6, 6.07) is 10.6. The summed E-state index contributed by atoms with van der Waals surface area (Å²) in [5.74, 6) is -0.653. The van der Waals surface area contributed by atoms with Gasteiger partial charge in [-0.3, -0.25) is 4.79 Å². The standard InChI is InChI=1S/C16H16FNO3/c17-14-4-1-11(2-5-14)8-18-16(21)15-6-3-12(9-19)7-13(15)10-20/h1-7,19-20H,8-10H2,(H,18,21). The molecule has 5 heteroatoms. The lowest BCUT2D eigenvalue weighted by Gasteiger charge is -2.10. The van der Waals surface area contributed by atoms with Crippen LogP contribution in [0.5, 0.6) is 0 Å². The van der Waals surface area contributed by atoms with Crippen molar-refractivity contribution in [3.63, 3.8) is 0 Å². The van der Waals surface area contributed by atoms with Gasteiger partial charge in [0.2, 0.25) is 0 Å². The molecule has 4 nitrogen and oxygen atoms in total. The van der Waals surface area contributed by atoms with Gasteiger partial charge in [-0.1, -0.05) is 24.3 Å². The topological polar surface area (TPSA) is 69.6 Å². The van der Waals surface area contributed by atoms with Crippen molar-refractivity contribution < 1.29 is 19.4 Å². The first-order valence-electron chi connectivity index (χ1n) is 6.50. The van der Waals surface area contributed by atoms with Crippen LogP contribution in [0.1, 0.15) is 27.0 Å². The zero-order valence-corrected chi connectivity index (χ0v) is 11.3. The number of aliphatic hydroxyl groups is 2. The molecule has 0 fully saturated rings. The molecule has 0 bridgehead atoms. The number of hydrogen-bond donors (Lipinski definition) is 3. The van der Waals surface area contributed by atoms with E-state index in [4.69, 9.17) is 5.11 Å². The Kier molecular flexibility index (Phi) is 5.03. The van der Waals surface area contributed by atoms with Crippen LogP contribution < -0.4 is 5.32 Å². The molecular formula is C16H16FNO3. The number of aliphatic hydroxyl groups excluding tert-OH is 2. The first kappa shape index (κ1) is 15.2. The Bertz CT molecular complexity index is 626. The van der Waals surface area contributed by atoms with Crippen LogP contribution in [0.15, 0.2) is 42.5 Å².